The van der Waals surface area contributed by atoms with E-state index >= 15 is 0 Å². The molecular formula is C15H21F3O. The molecule has 1 unspecified atom stereocenters. The number of para-hydroxylation sites is 1. The maximum atomic E-state index is 12.3. The van der Waals surface area contributed by atoms with Crippen molar-refractivity contribution in [3.05, 3.63) is 29.8 Å². The van der Waals surface area contributed by atoms with Crippen LogP contribution in [0.2, 0.25) is 0 Å². The van der Waals surface area contributed by atoms with Gasteiger partial charge in [-0.05, 0) is 24.0 Å². The van der Waals surface area contributed by atoms with Gasteiger partial charge in [-0.3, -0.25) is 0 Å². The molecule has 0 heterocycles. The Hall–Kier alpha value is -1.19. The Morgan fingerprint density at radius 3 is 2.42 bits per heavy atom. The van der Waals surface area contributed by atoms with Crippen molar-refractivity contribution in [1.29, 1.82) is 0 Å². The number of rotatable bonds is 7. The first-order chi connectivity index (χ1) is 8.94. The van der Waals surface area contributed by atoms with Gasteiger partial charge in [0.2, 0.25) is 0 Å². The summed E-state index contributed by atoms with van der Waals surface area (Å²) in [6.07, 6.45) is 0.754. The largest absolute Gasteiger partial charge is 0.573 e. The maximum absolute atomic E-state index is 12.3. The molecule has 0 amide bonds. The molecule has 19 heavy (non-hydrogen) atoms. The van der Waals surface area contributed by atoms with E-state index in [0.717, 1.165) is 25.7 Å². The first kappa shape index (κ1) is 15.9. The van der Waals surface area contributed by atoms with Crippen LogP contribution in [-0.2, 0) is 0 Å². The first-order valence-electron chi connectivity index (χ1n) is 6.78. The minimum atomic E-state index is -4.63. The Balaban J connectivity index is 2.65. The van der Waals surface area contributed by atoms with Crippen LogP contribution in [0.25, 0.3) is 0 Å². The van der Waals surface area contributed by atoms with Crippen molar-refractivity contribution in [3.8, 4) is 5.75 Å². The van der Waals surface area contributed by atoms with E-state index in [-0.39, 0.29) is 11.7 Å². The second kappa shape index (κ2) is 7.41. The molecule has 1 nitrogen and oxygen atoms in total. The molecule has 0 aliphatic carbocycles. The molecule has 108 valence electrons. The van der Waals surface area contributed by atoms with Crippen LogP contribution in [0.3, 0.4) is 0 Å². The molecule has 0 aliphatic rings. The van der Waals surface area contributed by atoms with E-state index in [1.165, 1.54) is 12.5 Å². The van der Waals surface area contributed by atoms with E-state index in [4.69, 9.17) is 0 Å². The highest BCUT2D eigenvalue weighted by atomic mass is 19.4. The van der Waals surface area contributed by atoms with Gasteiger partial charge in [0.1, 0.15) is 5.75 Å². The molecule has 4 heteroatoms. The Kier molecular flexibility index (Phi) is 6.19. The summed E-state index contributed by atoms with van der Waals surface area (Å²) in [6, 6.07) is 6.41. The summed E-state index contributed by atoms with van der Waals surface area (Å²) in [5, 5.41) is 0. The van der Waals surface area contributed by atoms with Crippen molar-refractivity contribution in [2.45, 2.75) is 58.2 Å². The van der Waals surface area contributed by atoms with Gasteiger partial charge in [0.25, 0.3) is 0 Å². The highest BCUT2D eigenvalue weighted by Crippen LogP contribution is 2.33. The number of hydrogen-bond acceptors (Lipinski definition) is 1. The highest BCUT2D eigenvalue weighted by Gasteiger charge is 2.32. The predicted octanol–water partition coefficient (Wildman–Crippen LogP) is 5.66. The van der Waals surface area contributed by atoms with Crippen LogP contribution in [0.1, 0.15) is 57.4 Å². The van der Waals surface area contributed by atoms with Crippen LogP contribution in [-0.4, -0.2) is 6.36 Å². The summed E-state index contributed by atoms with van der Waals surface area (Å²) in [6.45, 7) is 4.08. The molecule has 0 aliphatic heterocycles. The molecular weight excluding hydrogens is 253 g/mol. The molecule has 1 atom stereocenters. The summed E-state index contributed by atoms with van der Waals surface area (Å²) in [4.78, 5) is 0. The van der Waals surface area contributed by atoms with Crippen molar-refractivity contribution in [3.63, 3.8) is 0 Å². The average Bonchev–Trinajstić information content (AvgIpc) is 2.33. The van der Waals surface area contributed by atoms with Crippen LogP contribution in [0, 0.1) is 0 Å². The molecule has 1 aromatic rings. The Bertz CT molecular complexity index is 374. The molecule has 0 bridgehead atoms. The van der Waals surface area contributed by atoms with Gasteiger partial charge in [-0.25, -0.2) is 0 Å². The normalized spacial score (nSPS) is 13.3. The van der Waals surface area contributed by atoms with Crippen LogP contribution in [0.15, 0.2) is 24.3 Å². The Labute approximate surface area is 112 Å². The van der Waals surface area contributed by atoms with Crippen molar-refractivity contribution in [2.75, 3.05) is 0 Å². The summed E-state index contributed by atoms with van der Waals surface area (Å²) in [7, 11) is 0. The topological polar surface area (TPSA) is 9.23 Å². The van der Waals surface area contributed by atoms with Gasteiger partial charge in [0.15, 0.2) is 0 Å². The van der Waals surface area contributed by atoms with E-state index in [9.17, 15) is 13.2 Å². The van der Waals surface area contributed by atoms with Crippen LogP contribution in [0.4, 0.5) is 13.2 Å². The minimum absolute atomic E-state index is 0.0713. The molecule has 1 rings (SSSR count). The number of unbranched alkanes of at least 4 members (excludes halogenated alkanes) is 3. The monoisotopic (exact) mass is 274 g/mol. The molecule has 0 radical (unpaired) electrons. The zero-order valence-electron chi connectivity index (χ0n) is 11.5. The Morgan fingerprint density at radius 2 is 1.79 bits per heavy atom. The van der Waals surface area contributed by atoms with Crippen molar-refractivity contribution < 1.29 is 17.9 Å². The number of benzene rings is 1. The SMILES string of the molecule is CCCCCCC(C)c1ccccc1OC(F)(F)F. The lowest BCUT2D eigenvalue weighted by Gasteiger charge is -2.17. The van der Waals surface area contributed by atoms with Gasteiger partial charge in [0.05, 0.1) is 0 Å². The molecule has 0 N–H and O–H groups in total. The van der Waals surface area contributed by atoms with Crippen LogP contribution < -0.4 is 4.74 Å². The third-order valence-corrected chi connectivity index (χ3v) is 3.17. The maximum Gasteiger partial charge on any atom is 0.573 e. The smallest absolute Gasteiger partial charge is 0.405 e. The second-order valence-corrected chi connectivity index (χ2v) is 4.84. The van der Waals surface area contributed by atoms with Gasteiger partial charge in [-0.1, -0.05) is 57.7 Å². The minimum Gasteiger partial charge on any atom is -0.405 e. The molecule has 0 saturated carbocycles. The van der Waals surface area contributed by atoms with Gasteiger partial charge in [-0.2, -0.15) is 0 Å². The first-order valence-corrected chi connectivity index (χ1v) is 6.78. The lowest BCUT2D eigenvalue weighted by Crippen LogP contribution is -2.18. The summed E-state index contributed by atoms with van der Waals surface area (Å²) >= 11 is 0. The average molecular weight is 274 g/mol. The quantitative estimate of drug-likeness (QED) is 0.583. The lowest BCUT2D eigenvalue weighted by atomic mass is 9.94. The van der Waals surface area contributed by atoms with Crippen LogP contribution in [0.5, 0.6) is 5.75 Å². The molecule has 0 spiro atoms. The lowest BCUT2D eigenvalue weighted by molar-refractivity contribution is -0.275. The van der Waals surface area contributed by atoms with Gasteiger partial charge in [-0.15, -0.1) is 13.2 Å². The van der Waals surface area contributed by atoms with Gasteiger partial charge >= 0.3 is 6.36 Å². The number of ether oxygens (including phenoxy) is 1. The van der Waals surface area contributed by atoms with E-state index in [1.54, 1.807) is 18.2 Å². The number of alkyl halides is 3. The predicted molar refractivity (Wildman–Crippen MR) is 70.3 cm³/mol. The van der Waals surface area contributed by atoms with E-state index < -0.39 is 6.36 Å². The fourth-order valence-electron chi connectivity index (χ4n) is 2.14. The van der Waals surface area contributed by atoms with Crippen LogP contribution >= 0.6 is 0 Å². The zero-order valence-corrected chi connectivity index (χ0v) is 11.5. The van der Waals surface area contributed by atoms with Crippen molar-refractivity contribution in [1.82, 2.24) is 0 Å². The van der Waals surface area contributed by atoms with Gasteiger partial charge in [0, 0.05) is 0 Å². The number of hydrogen-bond donors (Lipinski definition) is 0. The second-order valence-electron chi connectivity index (χ2n) is 4.84. The fraction of sp³-hybridized carbons (Fsp3) is 0.600. The molecule has 1 aromatic carbocycles. The van der Waals surface area contributed by atoms with Crippen molar-refractivity contribution >= 4 is 0 Å². The highest BCUT2D eigenvalue weighted by molar-refractivity contribution is 5.36. The van der Waals surface area contributed by atoms with Gasteiger partial charge < -0.3 is 4.74 Å². The molecule has 0 aromatic heterocycles. The summed E-state index contributed by atoms with van der Waals surface area (Å²) in [5.74, 6) is 0.00778. The molecule has 0 saturated heterocycles. The Morgan fingerprint density at radius 1 is 1.11 bits per heavy atom. The summed E-state index contributed by atoms with van der Waals surface area (Å²) in [5.41, 5.74) is 0.635. The zero-order chi connectivity index (χ0) is 14.3. The third-order valence-electron chi connectivity index (χ3n) is 3.17. The van der Waals surface area contributed by atoms with E-state index in [2.05, 4.69) is 11.7 Å². The van der Waals surface area contributed by atoms with E-state index in [0.29, 0.717) is 5.56 Å². The van der Waals surface area contributed by atoms with E-state index in [1.807, 2.05) is 6.92 Å². The molecule has 0 fully saturated rings. The third kappa shape index (κ3) is 5.99. The summed E-state index contributed by atoms with van der Waals surface area (Å²) < 4.78 is 41.0. The standard InChI is InChI=1S/C15H21F3O/c1-3-4-5-6-9-12(2)13-10-7-8-11-14(13)19-15(16,17)18/h7-8,10-12H,3-6,9H2,1-2H3. The fourth-order valence-corrected chi connectivity index (χ4v) is 2.14. The van der Waals surface area contributed by atoms with Crippen molar-refractivity contribution in [2.24, 2.45) is 0 Å². The number of halogens is 3.